The Balaban J connectivity index is 1.86. The highest BCUT2D eigenvalue weighted by Crippen LogP contribution is 2.29. The van der Waals surface area contributed by atoms with Gasteiger partial charge in [-0.25, -0.2) is 14.8 Å². The van der Waals surface area contributed by atoms with Crippen molar-refractivity contribution in [3.63, 3.8) is 0 Å². The number of benzene rings is 1. The summed E-state index contributed by atoms with van der Waals surface area (Å²) in [6, 6.07) is 8.44. The number of hydrogen-bond acceptors (Lipinski definition) is 8. The lowest BCUT2D eigenvalue weighted by atomic mass is 10.2. The van der Waals surface area contributed by atoms with Crippen LogP contribution < -0.4 is 5.32 Å². The Morgan fingerprint density at radius 1 is 1.31 bits per heavy atom. The lowest BCUT2D eigenvalue weighted by Crippen LogP contribution is -2.06. The summed E-state index contributed by atoms with van der Waals surface area (Å²) in [5.74, 6) is -0.643. The summed E-state index contributed by atoms with van der Waals surface area (Å²) in [6.07, 6.45) is 1.23. The number of aromatic nitrogens is 2. The van der Waals surface area contributed by atoms with Crippen molar-refractivity contribution < 1.29 is 14.5 Å². The molecule has 0 atom stereocenters. The number of esters is 1. The average Bonchev–Trinajstić information content (AvgIpc) is 3.08. The molecule has 2 heterocycles. The minimum Gasteiger partial charge on any atom is -0.465 e. The molecule has 0 radical (unpaired) electrons. The van der Waals surface area contributed by atoms with Crippen LogP contribution in [-0.2, 0) is 4.74 Å². The van der Waals surface area contributed by atoms with E-state index in [0.29, 0.717) is 5.69 Å². The lowest BCUT2D eigenvalue weighted by Gasteiger charge is -2.08. The molecule has 9 heteroatoms. The van der Waals surface area contributed by atoms with Gasteiger partial charge in [-0.3, -0.25) is 10.1 Å². The molecule has 26 heavy (non-hydrogen) atoms. The van der Waals surface area contributed by atoms with Crippen LogP contribution in [0.5, 0.6) is 0 Å². The monoisotopic (exact) mass is 370 g/mol. The first kappa shape index (κ1) is 17.5. The molecule has 3 aromatic rings. The third-order valence-electron chi connectivity index (χ3n) is 3.50. The van der Waals surface area contributed by atoms with Crippen molar-refractivity contribution in [3.8, 4) is 10.6 Å². The van der Waals surface area contributed by atoms with Gasteiger partial charge in [0.05, 0.1) is 17.6 Å². The molecule has 0 bridgehead atoms. The zero-order valence-corrected chi connectivity index (χ0v) is 14.7. The van der Waals surface area contributed by atoms with E-state index in [1.54, 1.807) is 23.5 Å². The van der Waals surface area contributed by atoms with Gasteiger partial charge in [-0.2, -0.15) is 0 Å². The van der Waals surface area contributed by atoms with Gasteiger partial charge in [0.25, 0.3) is 0 Å². The predicted molar refractivity (Wildman–Crippen MR) is 97.8 cm³/mol. The van der Waals surface area contributed by atoms with Gasteiger partial charge in [-0.15, -0.1) is 11.3 Å². The summed E-state index contributed by atoms with van der Waals surface area (Å²) >= 11 is 1.55. The topological polar surface area (TPSA) is 107 Å². The number of carbonyl (C=O) groups excluding carboxylic acids is 1. The van der Waals surface area contributed by atoms with E-state index in [1.807, 2.05) is 24.4 Å². The first-order valence-corrected chi connectivity index (χ1v) is 8.38. The van der Waals surface area contributed by atoms with E-state index in [1.165, 1.54) is 13.3 Å². The van der Waals surface area contributed by atoms with E-state index in [2.05, 4.69) is 20.0 Å². The molecule has 0 fully saturated rings. The molecule has 3 rings (SSSR count). The number of hydrogen-bond donors (Lipinski definition) is 1. The molecular formula is C17H14N4O4S. The van der Waals surface area contributed by atoms with Gasteiger partial charge in [-0.05, 0) is 31.2 Å². The molecule has 0 saturated carbocycles. The Labute approximate surface area is 152 Å². The highest BCUT2D eigenvalue weighted by atomic mass is 32.1. The van der Waals surface area contributed by atoms with Crippen LogP contribution in [0.25, 0.3) is 10.6 Å². The van der Waals surface area contributed by atoms with E-state index >= 15 is 0 Å². The number of aryl methyl sites for hydroxylation is 1. The summed E-state index contributed by atoms with van der Waals surface area (Å²) in [5, 5.41) is 17.1. The largest absolute Gasteiger partial charge is 0.465 e. The Morgan fingerprint density at radius 3 is 2.62 bits per heavy atom. The third-order valence-corrected chi connectivity index (χ3v) is 4.51. The van der Waals surface area contributed by atoms with Crippen molar-refractivity contribution in [2.75, 3.05) is 12.4 Å². The second-order valence-electron chi connectivity index (χ2n) is 5.34. The zero-order chi connectivity index (χ0) is 18.7. The van der Waals surface area contributed by atoms with E-state index in [9.17, 15) is 14.9 Å². The zero-order valence-electron chi connectivity index (χ0n) is 13.9. The van der Waals surface area contributed by atoms with E-state index < -0.39 is 10.9 Å². The van der Waals surface area contributed by atoms with Gasteiger partial charge in [0.15, 0.2) is 0 Å². The van der Waals surface area contributed by atoms with Crippen LogP contribution in [-0.4, -0.2) is 28.0 Å². The number of rotatable bonds is 5. The number of nitrogens with one attached hydrogen (secondary N) is 1. The minimum absolute atomic E-state index is 0.0132. The molecule has 2 aromatic heterocycles. The van der Waals surface area contributed by atoms with Crippen LogP contribution in [0.15, 0.2) is 41.9 Å². The quantitative estimate of drug-likeness (QED) is 0.411. The second kappa shape index (κ2) is 7.28. The van der Waals surface area contributed by atoms with Crippen molar-refractivity contribution in [1.82, 2.24) is 9.97 Å². The normalized spacial score (nSPS) is 10.4. The Hall–Kier alpha value is -3.33. The van der Waals surface area contributed by atoms with Crippen molar-refractivity contribution >= 4 is 34.5 Å². The average molecular weight is 370 g/mol. The fourth-order valence-electron chi connectivity index (χ4n) is 2.24. The van der Waals surface area contributed by atoms with Gasteiger partial charge in [0.1, 0.15) is 5.01 Å². The molecule has 1 N–H and O–H groups in total. The number of nitrogens with zero attached hydrogens (tertiary/aromatic N) is 3. The Morgan fingerprint density at radius 2 is 2.04 bits per heavy atom. The summed E-state index contributed by atoms with van der Waals surface area (Å²) in [7, 11) is 1.20. The smallest absolute Gasteiger partial charge is 0.339 e. The van der Waals surface area contributed by atoms with Gasteiger partial charge in [0.2, 0.25) is 5.82 Å². The number of carbonyl (C=O) groups is 1. The summed E-state index contributed by atoms with van der Waals surface area (Å²) in [6.45, 7) is 1.93. The number of thiazole rings is 1. The minimum atomic E-state index is -0.685. The predicted octanol–water partition coefficient (Wildman–Crippen LogP) is 3.95. The molecule has 132 valence electrons. The summed E-state index contributed by atoms with van der Waals surface area (Å²) < 4.78 is 4.56. The van der Waals surface area contributed by atoms with Crippen molar-refractivity contribution in [2.24, 2.45) is 0 Å². The summed E-state index contributed by atoms with van der Waals surface area (Å²) in [4.78, 5) is 30.6. The molecule has 8 nitrogen and oxygen atoms in total. The number of pyridine rings is 1. The fourth-order valence-corrected chi connectivity index (χ4v) is 3.04. The van der Waals surface area contributed by atoms with Gasteiger partial charge < -0.3 is 10.1 Å². The first-order valence-electron chi connectivity index (χ1n) is 7.50. The van der Waals surface area contributed by atoms with Crippen LogP contribution in [0.3, 0.4) is 0 Å². The van der Waals surface area contributed by atoms with Crippen LogP contribution in [0.1, 0.15) is 16.1 Å². The second-order valence-corrected chi connectivity index (χ2v) is 6.19. The fraction of sp³-hybridized carbons (Fsp3) is 0.118. The van der Waals surface area contributed by atoms with Gasteiger partial charge >= 0.3 is 11.7 Å². The summed E-state index contributed by atoms with van der Waals surface area (Å²) in [5.41, 5.74) is 2.24. The molecule has 0 aliphatic rings. The van der Waals surface area contributed by atoms with Crippen molar-refractivity contribution in [3.05, 3.63) is 63.3 Å². The molecule has 0 saturated heterocycles. The highest BCUT2D eigenvalue weighted by molar-refractivity contribution is 7.13. The number of methoxy groups -OCH3 is 1. The van der Waals surface area contributed by atoms with Crippen LogP contribution in [0, 0.1) is 17.0 Å². The number of nitro groups is 1. The van der Waals surface area contributed by atoms with Crippen LogP contribution in [0.4, 0.5) is 17.2 Å². The highest BCUT2D eigenvalue weighted by Gasteiger charge is 2.19. The van der Waals surface area contributed by atoms with E-state index in [4.69, 9.17) is 0 Å². The Bertz CT molecular complexity index is 969. The van der Waals surface area contributed by atoms with E-state index in [-0.39, 0.29) is 17.1 Å². The number of ether oxygens (including phenoxy) is 1. The molecule has 0 unspecified atom stereocenters. The van der Waals surface area contributed by atoms with Crippen molar-refractivity contribution in [2.45, 2.75) is 6.92 Å². The SMILES string of the molecule is COC(=O)c1cnc(Nc2ccc(-c3nc(C)cs3)cc2)c([N+](=O)[O-])c1. The maximum absolute atomic E-state index is 11.5. The van der Waals surface area contributed by atoms with E-state index in [0.717, 1.165) is 22.3 Å². The number of anilines is 2. The van der Waals surface area contributed by atoms with Crippen LogP contribution in [0.2, 0.25) is 0 Å². The first-order chi connectivity index (χ1) is 12.5. The third kappa shape index (κ3) is 3.67. The molecule has 1 aromatic carbocycles. The molecule has 0 aliphatic carbocycles. The van der Waals surface area contributed by atoms with Crippen LogP contribution >= 0.6 is 11.3 Å². The Kier molecular flexibility index (Phi) is 4.90. The molecule has 0 spiro atoms. The lowest BCUT2D eigenvalue weighted by molar-refractivity contribution is -0.384. The van der Waals surface area contributed by atoms with Gasteiger partial charge in [-0.1, -0.05) is 0 Å². The molecular weight excluding hydrogens is 356 g/mol. The maximum Gasteiger partial charge on any atom is 0.339 e. The molecule has 0 aliphatic heterocycles. The van der Waals surface area contributed by atoms with Gasteiger partial charge in [0, 0.05) is 34.6 Å². The van der Waals surface area contributed by atoms with Crippen molar-refractivity contribution in [1.29, 1.82) is 0 Å². The standard InChI is InChI=1S/C17H14N4O4S/c1-10-9-26-16(19-10)11-3-5-13(6-4-11)20-15-14(21(23)24)7-12(8-18-15)17(22)25-2/h3-9H,1-2H3,(H,18,20). The molecule has 0 amide bonds. The maximum atomic E-state index is 11.5.